The number of hydrogen-bond donors (Lipinski definition) is 1. The van der Waals surface area contributed by atoms with E-state index in [0.29, 0.717) is 6.07 Å². The van der Waals surface area contributed by atoms with E-state index in [1.807, 2.05) is 0 Å². The van der Waals surface area contributed by atoms with Gasteiger partial charge >= 0.3 is 6.18 Å². The van der Waals surface area contributed by atoms with Crippen LogP contribution in [-0.2, 0) is 15.7 Å². The molecule has 0 bridgehead atoms. The molecule has 5 nitrogen and oxygen atoms in total. The van der Waals surface area contributed by atoms with Gasteiger partial charge in [0.25, 0.3) is 6.41 Å². The summed E-state index contributed by atoms with van der Waals surface area (Å²) < 4.78 is 47.0. The van der Waals surface area contributed by atoms with Crippen molar-refractivity contribution in [3.05, 3.63) is 11.8 Å². The summed E-state index contributed by atoms with van der Waals surface area (Å²) in [6.45, 7) is 0. The number of halogens is 3. The molecule has 0 amide bonds. The Morgan fingerprint density at radius 1 is 1.40 bits per heavy atom. The summed E-state index contributed by atoms with van der Waals surface area (Å²) in [4.78, 5) is 0. The van der Waals surface area contributed by atoms with E-state index < -0.39 is 18.3 Å². The molecule has 1 rings (SSSR count). The molecule has 0 unspecified atom stereocenters. The standard InChI is InChI=1S/C7H10F3N3O2/c1-14-6(15-2)13-5(11)3-4(12-13)7(8,9)10/h3,6H,11H2,1-2H3. The average Bonchev–Trinajstić information content (AvgIpc) is 2.50. The number of hydrogen-bond acceptors (Lipinski definition) is 4. The van der Waals surface area contributed by atoms with Crippen LogP contribution in [0.2, 0.25) is 0 Å². The van der Waals surface area contributed by atoms with Gasteiger partial charge in [0.15, 0.2) is 5.69 Å². The number of alkyl halides is 3. The molecule has 86 valence electrons. The van der Waals surface area contributed by atoms with Gasteiger partial charge < -0.3 is 15.2 Å². The Kier molecular flexibility index (Phi) is 3.20. The molecule has 0 aromatic carbocycles. The smallest absolute Gasteiger partial charge is 0.384 e. The van der Waals surface area contributed by atoms with Gasteiger partial charge in [-0.05, 0) is 0 Å². The Labute approximate surface area is 83.6 Å². The van der Waals surface area contributed by atoms with E-state index in [2.05, 4.69) is 5.10 Å². The first kappa shape index (κ1) is 11.8. The Bertz CT molecular complexity index is 333. The second-order valence-corrected chi connectivity index (χ2v) is 2.68. The molecule has 0 atom stereocenters. The third-order valence-corrected chi connectivity index (χ3v) is 1.66. The van der Waals surface area contributed by atoms with Gasteiger partial charge in [0.2, 0.25) is 0 Å². The summed E-state index contributed by atoms with van der Waals surface area (Å²) >= 11 is 0. The third-order valence-electron chi connectivity index (χ3n) is 1.66. The molecule has 15 heavy (non-hydrogen) atoms. The molecule has 2 N–H and O–H groups in total. The number of methoxy groups -OCH3 is 2. The summed E-state index contributed by atoms with van der Waals surface area (Å²) in [5, 5.41) is 3.24. The molecule has 0 aliphatic rings. The fourth-order valence-electron chi connectivity index (χ4n) is 1.01. The maximum Gasteiger partial charge on any atom is 0.435 e. The van der Waals surface area contributed by atoms with Crippen LogP contribution in [0, 0.1) is 0 Å². The topological polar surface area (TPSA) is 62.3 Å². The average molecular weight is 225 g/mol. The van der Waals surface area contributed by atoms with E-state index in [0.717, 1.165) is 4.68 Å². The van der Waals surface area contributed by atoms with E-state index in [1.54, 1.807) is 0 Å². The van der Waals surface area contributed by atoms with Crippen molar-refractivity contribution in [3.63, 3.8) is 0 Å². The van der Waals surface area contributed by atoms with E-state index in [4.69, 9.17) is 15.2 Å². The number of nitrogens with zero attached hydrogens (tertiary/aromatic N) is 2. The zero-order valence-electron chi connectivity index (χ0n) is 8.08. The van der Waals surface area contributed by atoms with Crippen molar-refractivity contribution in [2.45, 2.75) is 12.6 Å². The maximum atomic E-state index is 12.2. The van der Waals surface area contributed by atoms with Gasteiger partial charge in [-0.15, -0.1) is 0 Å². The molecule has 0 aliphatic heterocycles. The van der Waals surface area contributed by atoms with Crippen molar-refractivity contribution in [3.8, 4) is 0 Å². The van der Waals surface area contributed by atoms with Gasteiger partial charge in [0.05, 0.1) is 0 Å². The molecular weight excluding hydrogens is 215 g/mol. The third kappa shape index (κ3) is 2.39. The van der Waals surface area contributed by atoms with Gasteiger partial charge in [-0.2, -0.15) is 23.0 Å². The lowest BCUT2D eigenvalue weighted by molar-refractivity contribution is -0.166. The van der Waals surface area contributed by atoms with Crippen LogP contribution < -0.4 is 5.73 Å². The fourth-order valence-corrected chi connectivity index (χ4v) is 1.01. The lowest BCUT2D eigenvalue weighted by Crippen LogP contribution is -2.17. The molecular formula is C7H10F3N3O2. The Morgan fingerprint density at radius 2 is 1.93 bits per heavy atom. The van der Waals surface area contributed by atoms with Gasteiger partial charge in [0, 0.05) is 20.3 Å². The maximum absolute atomic E-state index is 12.2. The van der Waals surface area contributed by atoms with Gasteiger partial charge in [-0.1, -0.05) is 0 Å². The predicted molar refractivity (Wildman–Crippen MR) is 44.7 cm³/mol. The van der Waals surface area contributed by atoms with Crippen LogP contribution in [0.1, 0.15) is 12.1 Å². The van der Waals surface area contributed by atoms with Crippen LogP contribution in [0.4, 0.5) is 19.0 Å². The summed E-state index contributed by atoms with van der Waals surface area (Å²) in [5.74, 6) is -0.184. The van der Waals surface area contributed by atoms with Gasteiger partial charge in [-0.25, -0.2) is 0 Å². The monoisotopic (exact) mass is 225 g/mol. The largest absolute Gasteiger partial charge is 0.435 e. The highest BCUT2D eigenvalue weighted by Crippen LogP contribution is 2.30. The first-order valence-electron chi connectivity index (χ1n) is 3.88. The first-order valence-corrected chi connectivity index (χ1v) is 3.88. The molecule has 0 spiro atoms. The van der Waals surface area contributed by atoms with Crippen molar-refractivity contribution < 1.29 is 22.6 Å². The van der Waals surface area contributed by atoms with Crippen molar-refractivity contribution in [2.24, 2.45) is 0 Å². The lowest BCUT2D eigenvalue weighted by atomic mass is 10.4. The van der Waals surface area contributed by atoms with Crippen LogP contribution in [0.15, 0.2) is 6.07 Å². The van der Waals surface area contributed by atoms with Crippen LogP contribution in [0.5, 0.6) is 0 Å². The minimum atomic E-state index is -4.54. The fraction of sp³-hybridized carbons (Fsp3) is 0.571. The zero-order valence-corrected chi connectivity index (χ0v) is 8.08. The highest BCUT2D eigenvalue weighted by molar-refractivity contribution is 5.32. The van der Waals surface area contributed by atoms with Crippen LogP contribution in [-0.4, -0.2) is 24.0 Å². The Hall–Kier alpha value is -1.28. The molecule has 0 fully saturated rings. The molecule has 0 aliphatic carbocycles. The highest BCUT2D eigenvalue weighted by Gasteiger charge is 2.35. The molecule has 1 heterocycles. The second-order valence-electron chi connectivity index (χ2n) is 2.68. The van der Waals surface area contributed by atoms with E-state index in [1.165, 1.54) is 14.2 Å². The SMILES string of the molecule is COC(OC)n1nc(C(F)(F)F)cc1N. The first-order chi connectivity index (χ1) is 6.90. The number of anilines is 1. The number of ether oxygens (including phenoxy) is 2. The molecule has 1 aromatic heterocycles. The molecule has 0 saturated carbocycles. The van der Waals surface area contributed by atoms with Crippen molar-refractivity contribution in [1.29, 1.82) is 0 Å². The number of rotatable bonds is 3. The van der Waals surface area contributed by atoms with Crippen LogP contribution in [0.25, 0.3) is 0 Å². The summed E-state index contributed by atoms with van der Waals surface area (Å²) in [6.07, 6.45) is -5.60. The van der Waals surface area contributed by atoms with Crippen molar-refractivity contribution in [1.82, 2.24) is 9.78 Å². The summed E-state index contributed by atoms with van der Waals surface area (Å²) in [7, 11) is 2.53. The number of nitrogens with two attached hydrogens (primary N) is 1. The Balaban J connectivity index is 3.06. The quantitative estimate of drug-likeness (QED) is 0.786. The van der Waals surface area contributed by atoms with Gasteiger partial charge in [-0.3, -0.25) is 0 Å². The lowest BCUT2D eigenvalue weighted by Gasteiger charge is -2.14. The predicted octanol–water partition coefficient (Wildman–Crippen LogP) is 1.23. The van der Waals surface area contributed by atoms with E-state index >= 15 is 0 Å². The number of aromatic nitrogens is 2. The Morgan fingerprint density at radius 3 is 2.27 bits per heavy atom. The zero-order chi connectivity index (χ0) is 11.6. The minimum Gasteiger partial charge on any atom is -0.384 e. The van der Waals surface area contributed by atoms with Crippen LogP contribution in [0.3, 0.4) is 0 Å². The second kappa shape index (κ2) is 4.07. The highest BCUT2D eigenvalue weighted by atomic mass is 19.4. The molecule has 8 heteroatoms. The number of nitrogen functional groups attached to an aromatic ring is 1. The molecule has 0 saturated heterocycles. The summed E-state index contributed by atoms with van der Waals surface area (Å²) in [6, 6.07) is 0.713. The molecule has 1 aromatic rings. The van der Waals surface area contributed by atoms with Crippen molar-refractivity contribution in [2.75, 3.05) is 20.0 Å². The normalized spacial score (nSPS) is 12.4. The van der Waals surface area contributed by atoms with Crippen LogP contribution >= 0.6 is 0 Å². The van der Waals surface area contributed by atoms with Gasteiger partial charge in [0.1, 0.15) is 5.82 Å². The molecule has 0 radical (unpaired) electrons. The minimum absolute atomic E-state index is 0.184. The van der Waals surface area contributed by atoms with Crippen molar-refractivity contribution >= 4 is 5.82 Å². The van der Waals surface area contributed by atoms with E-state index in [9.17, 15) is 13.2 Å². The summed E-state index contributed by atoms with van der Waals surface area (Å²) in [5.41, 5.74) is 4.25. The van der Waals surface area contributed by atoms with E-state index in [-0.39, 0.29) is 5.82 Å².